The van der Waals surface area contributed by atoms with Crippen molar-refractivity contribution in [3.8, 4) is 12.3 Å². The van der Waals surface area contributed by atoms with Gasteiger partial charge in [0.05, 0.1) is 6.10 Å². The van der Waals surface area contributed by atoms with Crippen molar-refractivity contribution in [1.29, 1.82) is 0 Å². The highest BCUT2D eigenvalue weighted by atomic mass is 19.3. The van der Waals surface area contributed by atoms with Gasteiger partial charge in [0.25, 0.3) is 0 Å². The second kappa shape index (κ2) is 3.86. The highest BCUT2D eigenvalue weighted by molar-refractivity contribution is 4.85. The van der Waals surface area contributed by atoms with Gasteiger partial charge >= 0.3 is 0 Å². The SMILES string of the molecule is C#CCOC1CCC(F)(F)CC1. The minimum atomic E-state index is -2.48. The van der Waals surface area contributed by atoms with Gasteiger partial charge in [-0.3, -0.25) is 0 Å². The third-order valence-corrected chi connectivity index (χ3v) is 2.07. The first kappa shape index (κ1) is 9.47. The normalized spacial score (nSPS) is 23.4. The van der Waals surface area contributed by atoms with Gasteiger partial charge in [0, 0.05) is 12.8 Å². The second-order valence-corrected chi connectivity index (χ2v) is 3.07. The van der Waals surface area contributed by atoms with Gasteiger partial charge in [-0.1, -0.05) is 5.92 Å². The fraction of sp³-hybridized carbons (Fsp3) is 0.778. The van der Waals surface area contributed by atoms with E-state index in [2.05, 4.69) is 5.92 Å². The molecule has 0 aromatic carbocycles. The van der Waals surface area contributed by atoms with Gasteiger partial charge < -0.3 is 4.74 Å². The van der Waals surface area contributed by atoms with Crippen LogP contribution in [0.3, 0.4) is 0 Å². The van der Waals surface area contributed by atoms with E-state index in [9.17, 15) is 8.78 Å². The van der Waals surface area contributed by atoms with E-state index in [1.54, 1.807) is 0 Å². The number of alkyl halides is 2. The number of halogens is 2. The first-order valence-electron chi connectivity index (χ1n) is 4.07. The highest BCUT2D eigenvalue weighted by Gasteiger charge is 2.34. The van der Waals surface area contributed by atoms with E-state index in [0.29, 0.717) is 12.8 Å². The monoisotopic (exact) mass is 174 g/mol. The molecule has 1 saturated carbocycles. The van der Waals surface area contributed by atoms with Crippen molar-refractivity contribution in [1.82, 2.24) is 0 Å². The van der Waals surface area contributed by atoms with Crippen LogP contribution in [0.25, 0.3) is 0 Å². The molecule has 12 heavy (non-hydrogen) atoms. The van der Waals surface area contributed by atoms with E-state index in [4.69, 9.17) is 11.2 Å². The van der Waals surface area contributed by atoms with Crippen LogP contribution in [0.2, 0.25) is 0 Å². The summed E-state index contributed by atoms with van der Waals surface area (Å²) in [7, 11) is 0. The lowest BCUT2D eigenvalue weighted by molar-refractivity contribution is -0.0756. The van der Waals surface area contributed by atoms with Crippen molar-refractivity contribution in [3.63, 3.8) is 0 Å². The average Bonchev–Trinajstić information content (AvgIpc) is 2.03. The van der Waals surface area contributed by atoms with E-state index in [1.165, 1.54) is 0 Å². The molecule has 1 aliphatic rings. The maximum Gasteiger partial charge on any atom is 0.248 e. The van der Waals surface area contributed by atoms with Crippen molar-refractivity contribution in [2.24, 2.45) is 0 Å². The number of hydrogen-bond donors (Lipinski definition) is 0. The number of rotatable bonds is 2. The zero-order chi connectivity index (χ0) is 9.03. The maximum absolute atomic E-state index is 12.6. The van der Waals surface area contributed by atoms with Crippen LogP contribution in [0.4, 0.5) is 8.78 Å². The van der Waals surface area contributed by atoms with Gasteiger partial charge in [-0.05, 0) is 12.8 Å². The van der Waals surface area contributed by atoms with Gasteiger partial charge in [-0.2, -0.15) is 0 Å². The molecule has 0 radical (unpaired) electrons. The molecule has 1 aliphatic carbocycles. The Hall–Kier alpha value is -0.620. The first-order valence-corrected chi connectivity index (χ1v) is 4.07. The van der Waals surface area contributed by atoms with Crippen LogP contribution in [0, 0.1) is 12.3 Å². The summed E-state index contributed by atoms with van der Waals surface area (Å²) in [5.41, 5.74) is 0. The molecule has 1 rings (SSSR count). The summed E-state index contributed by atoms with van der Waals surface area (Å²) in [6.07, 6.45) is 5.64. The van der Waals surface area contributed by atoms with E-state index >= 15 is 0 Å². The summed E-state index contributed by atoms with van der Waals surface area (Å²) in [5.74, 6) is -0.150. The lowest BCUT2D eigenvalue weighted by Gasteiger charge is -2.27. The van der Waals surface area contributed by atoms with Crippen LogP contribution in [0.1, 0.15) is 25.7 Å². The highest BCUT2D eigenvalue weighted by Crippen LogP contribution is 2.33. The average molecular weight is 174 g/mol. The number of terminal acetylenes is 1. The van der Waals surface area contributed by atoms with Crippen LogP contribution in [0.5, 0.6) is 0 Å². The van der Waals surface area contributed by atoms with Crippen LogP contribution in [-0.4, -0.2) is 18.6 Å². The molecule has 0 N–H and O–H groups in total. The summed E-state index contributed by atoms with van der Waals surface area (Å²) in [6.45, 7) is 0.232. The molecule has 0 aromatic heterocycles. The Morgan fingerprint density at radius 2 is 2.00 bits per heavy atom. The van der Waals surface area contributed by atoms with Crippen molar-refractivity contribution >= 4 is 0 Å². The Labute approximate surface area is 71.1 Å². The number of hydrogen-bond acceptors (Lipinski definition) is 1. The fourth-order valence-corrected chi connectivity index (χ4v) is 1.35. The molecule has 1 nitrogen and oxygen atoms in total. The van der Waals surface area contributed by atoms with Crippen molar-refractivity contribution < 1.29 is 13.5 Å². The van der Waals surface area contributed by atoms with Crippen molar-refractivity contribution in [2.75, 3.05) is 6.61 Å². The topological polar surface area (TPSA) is 9.23 Å². The standard InChI is InChI=1S/C9H12F2O/c1-2-7-12-8-3-5-9(10,11)6-4-8/h1,8H,3-7H2. The predicted octanol–water partition coefficient (Wildman–Crippen LogP) is 2.21. The van der Waals surface area contributed by atoms with Gasteiger partial charge in [-0.15, -0.1) is 6.42 Å². The first-order chi connectivity index (χ1) is 5.64. The third kappa shape index (κ3) is 2.78. The molecule has 3 heteroatoms. The van der Waals surface area contributed by atoms with Gasteiger partial charge in [0.15, 0.2) is 0 Å². The van der Waals surface area contributed by atoms with E-state index < -0.39 is 5.92 Å². The van der Waals surface area contributed by atoms with Gasteiger partial charge in [0.2, 0.25) is 5.92 Å². The quantitative estimate of drug-likeness (QED) is 0.583. The molecule has 1 fully saturated rings. The summed E-state index contributed by atoms with van der Waals surface area (Å²) < 4.78 is 30.4. The largest absolute Gasteiger partial charge is 0.366 e. The summed E-state index contributed by atoms with van der Waals surface area (Å²) in [6, 6.07) is 0. The van der Waals surface area contributed by atoms with Crippen molar-refractivity contribution in [2.45, 2.75) is 37.7 Å². The molecule has 0 aliphatic heterocycles. The Morgan fingerprint density at radius 1 is 1.42 bits per heavy atom. The van der Waals surface area contributed by atoms with Crippen LogP contribution in [-0.2, 0) is 4.74 Å². The molecule has 0 atom stereocenters. The second-order valence-electron chi connectivity index (χ2n) is 3.07. The summed E-state index contributed by atoms with van der Waals surface area (Å²) >= 11 is 0. The van der Waals surface area contributed by atoms with Crippen molar-refractivity contribution in [3.05, 3.63) is 0 Å². The third-order valence-electron chi connectivity index (χ3n) is 2.07. The van der Waals surface area contributed by atoms with Crippen LogP contribution < -0.4 is 0 Å². The Kier molecular flexibility index (Phi) is 3.05. The number of ether oxygens (including phenoxy) is 1. The summed E-state index contributed by atoms with van der Waals surface area (Å²) in [4.78, 5) is 0. The smallest absolute Gasteiger partial charge is 0.248 e. The minimum absolute atomic E-state index is 0.0549. The molecule has 0 bridgehead atoms. The zero-order valence-electron chi connectivity index (χ0n) is 6.85. The van der Waals surface area contributed by atoms with Crippen LogP contribution >= 0.6 is 0 Å². The summed E-state index contributed by atoms with van der Waals surface area (Å²) in [5, 5.41) is 0. The Bertz CT molecular complexity index is 173. The van der Waals surface area contributed by atoms with E-state index in [-0.39, 0.29) is 25.6 Å². The molecule has 0 unspecified atom stereocenters. The molecule has 68 valence electrons. The predicted molar refractivity (Wildman–Crippen MR) is 42.0 cm³/mol. The Morgan fingerprint density at radius 3 is 2.50 bits per heavy atom. The molecular weight excluding hydrogens is 162 g/mol. The van der Waals surface area contributed by atoms with Gasteiger partial charge in [-0.25, -0.2) is 8.78 Å². The molecule has 0 spiro atoms. The van der Waals surface area contributed by atoms with E-state index in [0.717, 1.165) is 0 Å². The van der Waals surface area contributed by atoms with Crippen LogP contribution in [0.15, 0.2) is 0 Å². The minimum Gasteiger partial charge on any atom is -0.366 e. The van der Waals surface area contributed by atoms with Gasteiger partial charge in [0.1, 0.15) is 6.61 Å². The Balaban J connectivity index is 2.23. The lowest BCUT2D eigenvalue weighted by atomic mass is 9.94. The van der Waals surface area contributed by atoms with E-state index in [1.807, 2.05) is 0 Å². The lowest BCUT2D eigenvalue weighted by Crippen LogP contribution is -2.29. The molecule has 0 amide bonds. The molecular formula is C9H12F2O. The molecule has 0 saturated heterocycles. The zero-order valence-corrected chi connectivity index (χ0v) is 6.85. The maximum atomic E-state index is 12.6. The fourth-order valence-electron chi connectivity index (χ4n) is 1.35. The molecule has 0 heterocycles. The molecule has 0 aromatic rings.